The minimum atomic E-state index is -0.0427. The molecule has 0 aliphatic carbocycles. The Morgan fingerprint density at radius 2 is 1.81 bits per heavy atom. The maximum Gasteiger partial charge on any atom is 0.224 e. The molecule has 37 heavy (non-hydrogen) atoms. The molecule has 0 atom stereocenters. The van der Waals surface area contributed by atoms with Crippen molar-refractivity contribution in [3.63, 3.8) is 0 Å². The van der Waals surface area contributed by atoms with E-state index >= 15 is 0 Å². The molecule has 0 saturated heterocycles. The maximum atomic E-state index is 12.2. The number of nitrogens with zero attached hydrogens (tertiary/aromatic N) is 6. The van der Waals surface area contributed by atoms with Gasteiger partial charge in [0.2, 0.25) is 5.91 Å². The number of pyridine rings is 4. The number of carbonyl (C=O) groups excluding carboxylic acids is 1. The summed E-state index contributed by atoms with van der Waals surface area (Å²) in [5.74, 6) is 0.802. The van der Waals surface area contributed by atoms with Gasteiger partial charge in [-0.3, -0.25) is 24.8 Å². The highest BCUT2D eigenvalue weighted by molar-refractivity contribution is 5.95. The van der Waals surface area contributed by atoms with Gasteiger partial charge >= 0.3 is 0 Å². The maximum absolute atomic E-state index is 12.2. The third-order valence-electron chi connectivity index (χ3n) is 5.85. The molecule has 6 heterocycles. The van der Waals surface area contributed by atoms with Gasteiger partial charge in [0.05, 0.1) is 34.3 Å². The molecule has 6 aromatic rings. The fraction of sp³-hybridized carbons (Fsp3) is 0.148. The van der Waals surface area contributed by atoms with Crippen LogP contribution in [-0.4, -0.2) is 46.0 Å². The fourth-order valence-electron chi connectivity index (χ4n) is 4.19. The average molecular weight is 490 g/mol. The van der Waals surface area contributed by atoms with Crippen LogP contribution in [0.15, 0.2) is 67.3 Å². The number of imidazole rings is 1. The lowest BCUT2D eigenvalue weighted by Crippen LogP contribution is -2.14. The van der Waals surface area contributed by atoms with Gasteiger partial charge in [0.25, 0.3) is 0 Å². The number of rotatable bonds is 6. The molecular formula is C27H23N9O. The van der Waals surface area contributed by atoms with Crippen LogP contribution in [0, 0.1) is 5.92 Å². The van der Waals surface area contributed by atoms with Crippen LogP contribution in [-0.2, 0) is 4.79 Å². The average Bonchev–Trinajstić information content (AvgIpc) is 3.52. The zero-order chi connectivity index (χ0) is 25.4. The van der Waals surface area contributed by atoms with E-state index in [0.29, 0.717) is 46.0 Å². The van der Waals surface area contributed by atoms with Crippen molar-refractivity contribution in [2.75, 3.05) is 5.32 Å². The molecule has 0 bridgehead atoms. The molecule has 0 fully saturated rings. The molecule has 1 amide bonds. The molecule has 3 N–H and O–H groups in total. The van der Waals surface area contributed by atoms with Crippen LogP contribution >= 0.6 is 0 Å². The van der Waals surface area contributed by atoms with E-state index in [1.807, 2.05) is 56.3 Å². The van der Waals surface area contributed by atoms with Gasteiger partial charge in [0.1, 0.15) is 16.7 Å². The Bertz CT molecular complexity index is 1740. The van der Waals surface area contributed by atoms with Crippen molar-refractivity contribution in [2.24, 2.45) is 5.92 Å². The normalized spacial score (nSPS) is 11.4. The van der Waals surface area contributed by atoms with Gasteiger partial charge in [0.15, 0.2) is 11.5 Å². The van der Waals surface area contributed by atoms with E-state index in [0.717, 1.165) is 22.3 Å². The molecule has 0 aromatic carbocycles. The molecule has 182 valence electrons. The second-order valence-electron chi connectivity index (χ2n) is 9.13. The second-order valence-corrected chi connectivity index (χ2v) is 9.13. The summed E-state index contributed by atoms with van der Waals surface area (Å²) in [6, 6.07) is 13.2. The van der Waals surface area contributed by atoms with Crippen LogP contribution in [0.2, 0.25) is 0 Å². The van der Waals surface area contributed by atoms with E-state index in [1.165, 1.54) is 0 Å². The highest BCUT2D eigenvalue weighted by atomic mass is 16.1. The largest absolute Gasteiger partial charge is 0.336 e. The first-order valence-electron chi connectivity index (χ1n) is 11.9. The number of hydrogen-bond acceptors (Lipinski definition) is 7. The van der Waals surface area contributed by atoms with Gasteiger partial charge < -0.3 is 10.3 Å². The Hall–Kier alpha value is -4.99. The summed E-state index contributed by atoms with van der Waals surface area (Å²) < 4.78 is 0. The Morgan fingerprint density at radius 3 is 2.65 bits per heavy atom. The van der Waals surface area contributed by atoms with E-state index in [1.54, 1.807) is 24.8 Å². The third kappa shape index (κ3) is 4.40. The van der Waals surface area contributed by atoms with E-state index in [9.17, 15) is 4.79 Å². The van der Waals surface area contributed by atoms with Crippen molar-refractivity contribution in [1.82, 2.24) is 40.1 Å². The molecule has 10 heteroatoms. The number of hydrogen-bond donors (Lipinski definition) is 3. The predicted molar refractivity (Wildman–Crippen MR) is 141 cm³/mol. The first-order valence-corrected chi connectivity index (χ1v) is 11.9. The lowest BCUT2D eigenvalue weighted by Gasteiger charge is -2.08. The molecule has 6 aromatic heterocycles. The number of nitrogens with one attached hydrogen (secondary N) is 3. The Morgan fingerprint density at radius 1 is 0.919 bits per heavy atom. The lowest BCUT2D eigenvalue weighted by molar-refractivity contribution is -0.116. The molecule has 0 unspecified atom stereocenters. The van der Waals surface area contributed by atoms with Gasteiger partial charge in [-0.1, -0.05) is 19.9 Å². The van der Waals surface area contributed by atoms with Gasteiger partial charge in [-0.2, -0.15) is 5.10 Å². The molecule has 0 aliphatic rings. The van der Waals surface area contributed by atoms with E-state index < -0.39 is 0 Å². The van der Waals surface area contributed by atoms with E-state index in [4.69, 9.17) is 9.97 Å². The number of fused-ring (bicyclic) bond motifs is 2. The zero-order valence-corrected chi connectivity index (χ0v) is 20.2. The molecule has 10 nitrogen and oxygen atoms in total. The summed E-state index contributed by atoms with van der Waals surface area (Å²) >= 11 is 0. The van der Waals surface area contributed by atoms with Crippen molar-refractivity contribution in [1.29, 1.82) is 0 Å². The predicted octanol–water partition coefficient (Wildman–Crippen LogP) is 5.00. The van der Waals surface area contributed by atoms with Crippen LogP contribution in [0.3, 0.4) is 0 Å². The lowest BCUT2D eigenvalue weighted by atomic mass is 10.1. The number of H-pyrrole nitrogens is 2. The summed E-state index contributed by atoms with van der Waals surface area (Å²) in [5, 5.41) is 10.4. The van der Waals surface area contributed by atoms with Crippen molar-refractivity contribution in [3.05, 3.63) is 67.3 Å². The zero-order valence-electron chi connectivity index (χ0n) is 20.2. The number of aromatic nitrogens is 8. The smallest absolute Gasteiger partial charge is 0.224 e. The van der Waals surface area contributed by atoms with Gasteiger partial charge in [-0.25, -0.2) is 9.97 Å². The third-order valence-corrected chi connectivity index (χ3v) is 5.85. The van der Waals surface area contributed by atoms with Crippen molar-refractivity contribution in [2.45, 2.75) is 20.3 Å². The second kappa shape index (κ2) is 9.23. The van der Waals surface area contributed by atoms with Crippen molar-refractivity contribution >= 4 is 33.7 Å². The first-order chi connectivity index (χ1) is 18.0. The monoisotopic (exact) mass is 489 g/mol. The highest BCUT2D eigenvalue weighted by Crippen LogP contribution is 2.30. The molecule has 0 radical (unpaired) electrons. The van der Waals surface area contributed by atoms with Gasteiger partial charge in [0, 0.05) is 30.6 Å². The number of aromatic amines is 2. The molecule has 6 rings (SSSR count). The van der Waals surface area contributed by atoms with Crippen LogP contribution < -0.4 is 5.32 Å². The highest BCUT2D eigenvalue weighted by Gasteiger charge is 2.18. The minimum absolute atomic E-state index is 0.0427. The fourth-order valence-corrected chi connectivity index (χ4v) is 4.19. The number of anilines is 1. The molecule has 0 spiro atoms. The number of carbonyl (C=O) groups is 1. The van der Waals surface area contributed by atoms with Crippen LogP contribution in [0.25, 0.3) is 56.2 Å². The van der Waals surface area contributed by atoms with Crippen LogP contribution in [0.5, 0.6) is 0 Å². The van der Waals surface area contributed by atoms with E-state index in [-0.39, 0.29) is 11.8 Å². The summed E-state index contributed by atoms with van der Waals surface area (Å²) in [5.41, 5.74) is 7.11. The minimum Gasteiger partial charge on any atom is -0.336 e. The van der Waals surface area contributed by atoms with Gasteiger partial charge in [-0.05, 0) is 42.3 Å². The molecular weight excluding hydrogens is 466 g/mol. The quantitative estimate of drug-likeness (QED) is 0.299. The van der Waals surface area contributed by atoms with Crippen molar-refractivity contribution in [3.8, 4) is 34.2 Å². The van der Waals surface area contributed by atoms with Crippen molar-refractivity contribution < 1.29 is 4.79 Å². The van der Waals surface area contributed by atoms with Gasteiger partial charge in [-0.15, -0.1) is 0 Å². The van der Waals surface area contributed by atoms with E-state index in [2.05, 4.69) is 35.5 Å². The Kier molecular flexibility index (Phi) is 5.61. The summed E-state index contributed by atoms with van der Waals surface area (Å²) in [6.07, 6.45) is 7.26. The Labute approximate surface area is 211 Å². The van der Waals surface area contributed by atoms with Crippen LogP contribution in [0.1, 0.15) is 20.3 Å². The topological polar surface area (TPSA) is 138 Å². The number of amides is 1. The molecule has 0 saturated carbocycles. The van der Waals surface area contributed by atoms with Crippen LogP contribution in [0.4, 0.5) is 5.69 Å². The summed E-state index contributed by atoms with van der Waals surface area (Å²) in [4.78, 5) is 38.5. The summed E-state index contributed by atoms with van der Waals surface area (Å²) in [6.45, 7) is 4.02. The first kappa shape index (κ1) is 22.5. The standard InChI is InChI=1S/C27H23N9O/c1-15(2)11-22(37)31-17-12-16(13-28-14-17)18-6-7-21-25(32-18)26(36-35-21)27-33-20-8-10-30-23(24(20)34-27)19-5-3-4-9-29-19/h3-10,12-15H,11H2,1-2H3,(H,31,37)(H,33,34)(H,35,36). The Balaban J connectivity index is 1.38. The SMILES string of the molecule is CC(C)CC(=O)Nc1cncc(-c2ccc3[nH]nc(-c4nc5c(-c6ccccn6)nccc5[nH]4)c3n2)c1. The molecule has 0 aliphatic heterocycles. The summed E-state index contributed by atoms with van der Waals surface area (Å²) in [7, 11) is 0.